The van der Waals surface area contributed by atoms with E-state index < -0.39 is 16.1 Å². The van der Waals surface area contributed by atoms with Crippen LogP contribution in [0.15, 0.2) is 144 Å². The standard InChI is InChI=1S/C53H48N12O4S/c66-52(54-40-13-7-11-37(28-40)49-59-62-63-60-49)47-30-36-20-19-35(29-46(36)65(47)53(67)38-21-18-32-9-1-2-10-34(32)27-38)33-22-24-41(25-23-33)70(68,69)61-50-51(58-45-17-6-5-16-44(45)57-50)64-26-8-12-39(31-64)48-55-42-14-3-4-15-43(42)56-48/h1-7,9-11,13-18,21-25,27-28,35-36,39,46-47H,8,12,19-20,26,29-31H2,(H,54,66)(H,55,56)(H,57,61)(H,59,60,62,63)/t35?,36-,39-,46-,47+/m1/s1. The zero-order chi connectivity index (χ0) is 47.3. The molecule has 9 aromatic rings. The number of fused-ring (bicyclic) bond motifs is 4. The molecule has 17 heteroatoms. The summed E-state index contributed by atoms with van der Waals surface area (Å²) in [5, 5.41) is 19.3. The highest BCUT2D eigenvalue weighted by atomic mass is 32.2. The van der Waals surface area contributed by atoms with Crippen LogP contribution < -0.4 is 14.9 Å². The number of hydrogen-bond acceptors (Lipinski definition) is 11. The average molecular weight is 949 g/mol. The molecule has 1 aliphatic carbocycles. The largest absolute Gasteiger partial charge is 0.353 e. The molecule has 4 N–H and O–H groups in total. The molecule has 12 rings (SSSR count). The minimum absolute atomic E-state index is 0.0167. The zero-order valence-corrected chi connectivity index (χ0v) is 38.8. The highest BCUT2D eigenvalue weighted by Gasteiger charge is 2.49. The first-order valence-electron chi connectivity index (χ1n) is 23.8. The van der Waals surface area contributed by atoms with Crippen LogP contribution in [0.1, 0.15) is 72.1 Å². The second kappa shape index (κ2) is 17.8. The van der Waals surface area contributed by atoms with E-state index in [1.165, 1.54) is 0 Å². The number of imidazole rings is 1. The lowest BCUT2D eigenvalue weighted by Gasteiger charge is -2.37. The highest BCUT2D eigenvalue weighted by molar-refractivity contribution is 7.92. The van der Waals surface area contributed by atoms with Crippen molar-refractivity contribution in [3.8, 4) is 11.4 Å². The lowest BCUT2D eigenvalue weighted by atomic mass is 9.75. The molecular formula is C53H48N12O4S. The molecule has 6 aromatic carbocycles. The number of tetrazole rings is 1. The van der Waals surface area contributed by atoms with E-state index in [0.717, 1.165) is 58.9 Å². The smallest absolute Gasteiger partial charge is 0.263 e. The second-order valence-corrected chi connectivity index (χ2v) is 20.3. The number of rotatable bonds is 10. The van der Waals surface area contributed by atoms with Crippen LogP contribution in [0.4, 0.5) is 17.3 Å². The van der Waals surface area contributed by atoms with Gasteiger partial charge in [-0.3, -0.25) is 14.3 Å². The molecule has 3 fully saturated rings. The lowest BCUT2D eigenvalue weighted by molar-refractivity contribution is -0.120. The lowest BCUT2D eigenvalue weighted by Crippen LogP contribution is -2.48. The van der Waals surface area contributed by atoms with Gasteiger partial charge in [-0.1, -0.05) is 78.9 Å². The van der Waals surface area contributed by atoms with Gasteiger partial charge in [0.1, 0.15) is 11.9 Å². The Morgan fingerprint density at radius 1 is 0.714 bits per heavy atom. The predicted octanol–water partition coefficient (Wildman–Crippen LogP) is 8.83. The van der Waals surface area contributed by atoms with Crippen molar-refractivity contribution in [1.82, 2.24) is 45.5 Å². The number of hydrogen-bond donors (Lipinski definition) is 4. The van der Waals surface area contributed by atoms with Gasteiger partial charge in [0.2, 0.25) is 11.7 Å². The van der Waals surface area contributed by atoms with Gasteiger partial charge in [0.25, 0.3) is 15.9 Å². The van der Waals surface area contributed by atoms with Gasteiger partial charge in [0.15, 0.2) is 11.6 Å². The van der Waals surface area contributed by atoms with Crippen molar-refractivity contribution in [2.24, 2.45) is 5.92 Å². The summed E-state index contributed by atoms with van der Waals surface area (Å²) in [4.78, 5) is 51.4. The van der Waals surface area contributed by atoms with Gasteiger partial charge in [-0.25, -0.2) is 23.4 Å². The number of anilines is 3. The third kappa shape index (κ3) is 8.25. The zero-order valence-electron chi connectivity index (χ0n) is 37.9. The van der Waals surface area contributed by atoms with Gasteiger partial charge < -0.3 is 20.1 Å². The first kappa shape index (κ1) is 43.2. The number of sulfonamides is 1. The number of H-pyrrole nitrogens is 2. The van der Waals surface area contributed by atoms with E-state index in [9.17, 15) is 18.0 Å². The van der Waals surface area contributed by atoms with Crippen molar-refractivity contribution < 1.29 is 18.0 Å². The van der Waals surface area contributed by atoms with E-state index in [1.807, 2.05) is 120 Å². The fraction of sp³-hybridized carbons (Fsp3) is 0.245. The fourth-order valence-electron chi connectivity index (χ4n) is 10.9. The molecule has 5 atom stereocenters. The van der Waals surface area contributed by atoms with E-state index in [2.05, 4.69) is 40.5 Å². The number of amides is 2. The first-order chi connectivity index (χ1) is 34.2. The Labute approximate surface area is 403 Å². The molecule has 2 amide bonds. The Morgan fingerprint density at radius 2 is 1.50 bits per heavy atom. The van der Waals surface area contributed by atoms with Crippen LogP contribution in [0.2, 0.25) is 0 Å². The Bertz CT molecular complexity index is 3520. The maximum absolute atomic E-state index is 14.8. The third-order valence-corrected chi connectivity index (χ3v) is 15.8. The summed E-state index contributed by atoms with van der Waals surface area (Å²) in [5.41, 5.74) is 5.88. The maximum Gasteiger partial charge on any atom is 0.263 e. The van der Waals surface area contributed by atoms with E-state index in [1.54, 1.807) is 24.3 Å². The number of nitrogens with zero attached hydrogens (tertiary/aromatic N) is 8. The normalized spacial score (nSPS) is 20.4. The predicted molar refractivity (Wildman–Crippen MR) is 268 cm³/mol. The summed E-state index contributed by atoms with van der Waals surface area (Å²) in [6, 6.07) is 42.4. The summed E-state index contributed by atoms with van der Waals surface area (Å²) in [6.07, 6.45) is 4.56. The number of likely N-dealkylation sites (tertiary alicyclic amines) is 1. The molecule has 5 heterocycles. The number of carbonyl (C=O) groups is 2. The molecule has 70 heavy (non-hydrogen) atoms. The maximum atomic E-state index is 14.8. The summed E-state index contributed by atoms with van der Waals surface area (Å²) >= 11 is 0. The molecule has 0 radical (unpaired) electrons. The molecule has 0 spiro atoms. The number of aromatic nitrogens is 8. The molecule has 1 saturated carbocycles. The van der Waals surface area contributed by atoms with Crippen molar-refractivity contribution in [2.45, 2.75) is 67.3 Å². The molecule has 3 aliphatic rings. The molecule has 2 aliphatic heterocycles. The first-order valence-corrected chi connectivity index (χ1v) is 25.2. The van der Waals surface area contributed by atoms with Crippen molar-refractivity contribution in [1.29, 1.82) is 0 Å². The van der Waals surface area contributed by atoms with Crippen LogP contribution in [0.3, 0.4) is 0 Å². The number of carbonyl (C=O) groups excluding carboxylic acids is 2. The summed E-state index contributed by atoms with van der Waals surface area (Å²) in [5.74, 6) is 1.68. The average Bonchev–Trinajstić information content (AvgIpc) is 4.18. The molecule has 2 saturated heterocycles. The van der Waals surface area contributed by atoms with E-state index in [-0.39, 0.29) is 46.3 Å². The Morgan fingerprint density at radius 3 is 2.31 bits per heavy atom. The summed E-state index contributed by atoms with van der Waals surface area (Å²) in [7, 11) is -4.12. The van der Waals surface area contributed by atoms with Crippen molar-refractivity contribution in [3.05, 3.63) is 156 Å². The van der Waals surface area contributed by atoms with Gasteiger partial charge in [0, 0.05) is 41.9 Å². The topological polar surface area (TPSA) is 208 Å². The van der Waals surface area contributed by atoms with Crippen LogP contribution in [0.5, 0.6) is 0 Å². The van der Waals surface area contributed by atoms with E-state index in [4.69, 9.17) is 15.0 Å². The molecule has 0 bridgehead atoms. The Balaban J connectivity index is 0.797. The van der Waals surface area contributed by atoms with Gasteiger partial charge >= 0.3 is 0 Å². The monoisotopic (exact) mass is 948 g/mol. The molecule has 350 valence electrons. The van der Waals surface area contributed by atoms with Crippen molar-refractivity contribution >= 4 is 72.0 Å². The number of para-hydroxylation sites is 4. The summed E-state index contributed by atoms with van der Waals surface area (Å²) in [6.45, 7) is 1.27. The van der Waals surface area contributed by atoms with Crippen molar-refractivity contribution in [3.63, 3.8) is 0 Å². The second-order valence-electron chi connectivity index (χ2n) is 18.7. The van der Waals surface area contributed by atoms with Crippen LogP contribution in [0.25, 0.3) is 44.2 Å². The minimum Gasteiger partial charge on any atom is -0.353 e. The number of benzene rings is 6. The van der Waals surface area contributed by atoms with Crippen LogP contribution >= 0.6 is 0 Å². The number of aromatic amines is 2. The molecule has 16 nitrogen and oxygen atoms in total. The van der Waals surface area contributed by atoms with E-state index >= 15 is 0 Å². The molecule has 1 unspecified atom stereocenters. The van der Waals surface area contributed by atoms with Gasteiger partial charge in [-0.2, -0.15) is 5.21 Å². The molecule has 3 aromatic heterocycles. The quantitative estimate of drug-likeness (QED) is 0.102. The van der Waals surface area contributed by atoms with Crippen molar-refractivity contribution in [2.75, 3.05) is 28.0 Å². The van der Waals surface area contributed by atoms with Gasteiger partial charge in [0.05, 0.1) is 27.0 Å². The summed E-state index contributed by atoms with van der Waals surface area (Å²) < 4.78 is 31.5. The SMILES string of the molecule is O=C(Nc1cccc(-c2nn[nH]n2)c1)[C@@H]1C[C@H]2CCC(c3ccc(S(=O)(=O)Nc4nc5ccccc5nc4N4CCC[C@@H](c5nc6ccccc6[nH]5)C4)cc3)C[C@H]2N1C(=O)c1ccc2ccccc2c1. The van der Waals surface area contributed by atoms with Gasteiger partial charge in [-0.15, -0.1) is 10.2 Å². The van der Waals surface area contributed by atoms with Crippen LogP contribution in [0, 0.1) is 5.92 Å². The third-order valence-electron chi connectivity index (χ3n) is 14.4. The molecular weight excluding hydrogens is 901 g/mol. The number of nitrogens with one attached hydrogen (secondary N) is 4. The van der Waals surface area contributed by atoms with Crippen LogP contribution in [-0.4, -0.2) is 90.9 Å². The van der Waals surface area contributed by atoms with Gasteiger partial charge in [-0.05, 0) is 133 Å². The van der Waals surface area contributed by atoms with E-state index in [0.29, 0.717) is 65.4 Å². The Kier molecular flexibility index (Phi) is 11.0. The highest BCUT2D eigenvalue weighted by Crippen LogP contribution is 2.46. The van der Waals surface area contributed by atoms with Crippen LogP contribution in [-0.2, 0) is 14.8 Å². The minimum atomic E-state index is -4.12. The fourth-order valence-corrected chi connectivity index (χ4v) is 11.9. The number of piperidine rings is 1. The Hall–Kier alpha value is -8.05.